The minimum absolute atomic E-state index is 1.18. The van der Waals surface area contributed by atoms with E-state index in [0.29, 0.717) is 0 Å². The van der Waals surface area contributed by atoms with E-state index in [-0.39, 0.29) is 0 Å². The van der Waals surface area contributed by atoms with Gasteiger partial charge < -0.3 is 9.13 Å². The molecule has 3 heteroatoms. The van der Waals surface area contributed by atoms with Crippen LogP contribution in [0.25, 0.3) is 75.2 Å². The van der Waals surface area contributed by atoms with Gasteiger partial charge in [0.2, 0.25) is 0 Å². The second-order valence-corrected chi connectivity index (χ2v) is 11.1. The average Bonchev–Trinajstić information content (AvgIpc) is 3.63. The summed E-state index contributed by atoms with van der Waals surface area (Å²) in [4.78, 5) is 0. The first-order valence-electron chi connectivity index (χ1n) is 13.4. The van der Waals surface area contributed by atoms with Crippen LogP contribution in [0.4, 0.5) is 0 Å². The van der Waals surface area contributed by atoms with Crippen molar-refractivity contribution < 1.29 is 0 Å². The summed E-state index contributed by atoms with van der Waals surface area (Å²) in [6, 6.07) is 37.9. The molecule has 8 aromatic rings. The van der Waals surface area contributed by atoms with Crippen molar-refractivity contribution in [2.75, 3.05) is 0 Å². The van der Waals surface area contributed by atoms with E-state index in [9.17, 15) is 0 Å². The molecule has 0 aliphatic carbocycles. The zero-order valence-electron chi connectivity index (χ0n) is 21.8. The first-order chi connectivity index (χ1) is 19.3. The molecule has 0 saturated carbocycles. The molecule has 0 radical (unpaired) electrons. The molecule has 0 amide bonds. The highest BCUT2D eigenvalue weighted by molar-refractivity contribution is 7.25. The summed E-state index contributed by atoms with van der Waals surface area (Å²) in [6.45, 7) is 4.20. The van der Waals surface area contributed by atoms with Crippen molar-refractivity contribution in [1.82, 2.24) is 9.13 Å². The summed E-state index contributed by atoms with van der Waals surface area (Å²) < 4.78 is 7.51. The van der Waals surface area contributed by atoms with Crippen LogP contribution in [0.1, 0.15) is 13.8 Å². The molecule has 186 valence electrons. The summed E-state index contributed by atoms with van der Waals surface area (Å²) in [6.07, 6.45) is 6.50. The zero-order valence-corrected chi connectivity index (χ0v) is 22.7. The number of nitrogens with zero attached hydrogens (tertiary/aromatic N) is 2. The molecule has 0 bridgehead atoms. The fourth-order valence-electron chi connectivity index (χ4n) is 6.40. The molecular weight excluding hydrogens is 492 g/mol. The fraction of sp³-hybridized carbons (Fsp3) is 0.0556. The SMILES string of the molecule is C/C=C\C(=C/C)n1c2ccccc2c2c3c4ccccc4n(-c4ccc5sc6ccccc6c5c4)c3ccc21. The van der Waals surface area contributed by atoms with Gasteiger partial charge in [0.1, 0.15) is 0 Å². The highest BCUT2D eigenvalue weighted by Crippen LogP contribution is 2.43. The predicted molar refractivity (Wildman–Crippen MR) is 171 cm³/mol. The lowest BCUT2D eigenvalue weighted by atomic mass is 10.1. The maximum Gasteiger partial charge on any atom is 0.0548 e. The second kappa shape index (κ2) is 8.45. The molecule has 3 heterocycles. The molecule has 0 spiro atoms. The molecule has 0 saturated heterocycles. The van der Waals surface area contributed by atoms with Gasteiger partial charge in [0.05, 0.1) is 22.1 Å². The minimum Gasteiger partial charge on any atom is -0.310 e. The van der Waals surface area contributed by atoms with Crippen molar-refractivity contribution in [2.45, 2.75) is 13.8 Å². The largest absolute Gasteiger partial charge is 0.310 e. The van der Waals surface area contributed by atoms with Crippen LogP contribution in [-0.4, -0.2) is 9.13 Å². The van der Waals surface area contributed by atoms with E-state index >= 15 is 0 Å². The van der Waals surface area contributed by atoms with Gasteiger partial charge in [-0.2, -0.15) is 0 Å². The van der Waals surface area contributed by atoms with Crippen molar-refractivity contribution in [3.8, 4) is 5.69 Å². The molecule has 0 aliphatic rings. The summed E-state index contributed by atoms with van der Waals surface area (Å²) in [7, 11) is 0. The van der Waals surface area contributed by atoms with Crippen molar-refractivity contribution in [2.24, 2.45) is 0 Å². The van der Waals surface area contributed by atoms with Crippen molar-refractivity contribution in [3.05, 3.63) is 121 Å². The number of fused-ring (bicyclic) bond motifs is 10. The van der Waals surface area contributed by atoms with Crippen LogP contribution in [0.3, 0.4) is 0 Å². The van der Waals surface area contributed by atoms with Crippen LogP contribution < -0.4 is 0 Å². The van der Waals surface area contributed by atoms with Crippen molar-refractivity contribution in [3.63, 3.8) is 0 Å². The lowest BCUT2D eigenvalue weighted by Crippen LogP contribution is -1.95. The van der Waals surface area contributed by atoms with E-state index < -0.39 is 0 Å². The molecule has 0 atom stereocenters. The molecule has 8 rings (SSSR count). The molecule has 0 unspecified atom stereocenters. The molecule has 0 N–H and O–H groups in total. The van der Waals surface area contributed by atoms with Gasteiger partial charge in [-0.3, -0.25) is 0 Å². The first-order valence-corrected chi connectivity index (χ1v) is 14.3. The van der Waals surface area contributed by atoms with Crippen LogP contribution in [0.5, 0.6) is 0 Å². The van der Waals surface area contributed by atoms with Gasteiger partial charge in [-0.05, 0) is 68.5 Å². The third-order valence-electron chi connectivity index (χ3n) is 7.98. The number of hydrogen-bond acceptors (Lipinski definition) is 1. The second-order valence-electron chi connectivity index (χ2n) is 10.1. The maximum atomic E-state index is 2.45. The van der Waals surface area contributed by atoms with Gasteiger partial charge in [-0.15, -0.1) is 11.3 Å². The molecule has 0 fully saturated rings. The highest BCUT2D eigenvalue weighted by atomic mass is 32.1. The third-order valence-corrected chi connectivity index (χ3v) is 9.13. The normalized spacial score (nSPS) is 12.9. The monoisotopic (exact) mass is 518 g/mol. The quantitative estimate of drug-likeness (QED) is 0.206. The van der Waals surface area contributed by atoms with E-state index in [0.717, 1.165) is 0 Å². The molecule has 5 aromatic carbocycles. The predicted octanol–water partition coefficient (Wildman–Crippen LogP) is 10.7. The Kier molecular flexibility index (Phi) is 4.85. The lowest BCUT2D eigenvalue weighted by molar-refractivity contribution is 1.19. The first kappa shape index (κ1) is 22.4. The average molecular weight is 519 g/mol. The van der Waals surface area contributed by atoms with Gasteiger partial charge in [0.15, 0.2) is 0 Å². The summed E-state index contributed by atoms with van der Waals surface area (Å²) >= 11 is 1.87. The van der Waals surface area contributed by atoms with E-state index in [1.54, 1.807) is 0 Å². The molecule has 3 aromatic heterocycles. The minimum atomic E-state index is 1.18. The van der Waals surface area contributed by atoms with Crippen LogP contribution in [0.2, 0.25) is 0 Å². The Bertz CT molecular complexity index is 2300. The van der Waals surface area contributed by atoms with Gasteiger partial charge in [-0.1, -0.05) is 66.7 Å². The maximum absolute atomic E-state index is 2.45. The Morgan fingerprint density at radius 2 is 1.23 bits per heavy atom. The van der Waals surface area contributed by atoms with E-state index in [2.05, 4.69) is 144 Å². The Balaban J connectivity index is 1.54. The number of allylic oxidation sites excluding steroid dienone is 4. The lowest BCUT2D eigenvalue weighted by Gasteiger charge is -2.10. The van der Waals surface area contributed by atoms with Gasteiger partial charge in [0.25, 0.3) is 0 Å². The molecule has 0 aliphatic heterocycles. The number of aromatic nitrogens is 2. The number of thiophene rings is 1. The van der Waals surface area contributed by atoms with Gasteiger partial charge in [0, 0.05) is 53.1 Å². The topological polar surface area (TPSA) is 9.86 Å². The Morgan fingerprint density at radius 3 is 2.03 bits per heavy atom. The van der Waals surface area contributed by atoms with Crippen molar-refractivity contribution in [1.29, 1.82) is 0 Å². The standard InChI is InChI=1S/C36H26N2S/c1-3-11-23(4-2)37-29-15-8-5-13-26(29)35-31(37)19-20-32-36(35)27-14-6-9-16-30(27)38(32)24-18-21-34-28(22-24)25-12-7-10-17-33(25)39-34/h3-22H,1-2H3/b11-3-,23-4+. The highest BCUT2D eigenvalue weighted by Gasteiger charge is 2.20. The van der Waals surface area contributed by atoms with Gasteiger partial charge >= 0.3 is 0 Å². The summed E-state index contributed by atoms with van der Waals surface area (Å²) in [5.74, 6) is 0. The smallest absolute Gasteiger partial charge is 0.0548 e. The molecule has 39 heavy (non-hydrogen) atoms. The Labute approximate surface area is 230 Å². The van der Waals surface area contributed by atoms with E-state index in [4.69, 9.17) is 0 Å². The number of hydrogen-bond donors (Lipinski definition) is 0. The van der Waals surface area contributed by atoms with E-state index in [1.807, 2.05) is 11.3 Å². The summed E-state index contributed by atoms with van der Waals surface area (Å²) in [5.41, 5.74) is 7.31. The summed E-state index contributed by atoms with van der Waals surface area (Å²) in [5, 5.41) is 7.83. The zero-order chi connectivity index (χ0) is 26.1. The van der Waals surface area contributed by atoms with Crippen molar-refractivity contribution >= 4 is 80.8 Å². The van der Waals surface area contributed by atoms with Crippen LogP contribution in [0.15, 0.2) is 121 Å². The third kappa shape index (κ3) is 3.08. The Hall–Kier alpha value is -4.60. The molecular formula is C36H26N2S. The van der Waals surface area contributed by atoms with Crippen LogP contribution in [0, 0.1) is 0 Å². The fourth-order valence-corrected chi connectivity index (χ4v) is 7.48. The molecule has 2 nitrogen and oxygen atoms in total. The van der Waals surface area contributed by atoms with E-state index in [1.165, 1.54) is 75.2 Å². The number of para-hydroxylation sites is 2. The van der Waals surface area contributed by atoms with Gasteiger partial charge in [-0.25, -0.2) is 0 Å². The van der Waals surface area contributed by atoms with Crippen LogP contribution >= 0.6 is 11.3 Å². The van der Waals surface area contributed by atoms with Crippen LogP contribution in [-0.2, 0) is 0 Å². The number of rotatable bonds is 3. The number of benzene rings is 5. The Morgan fingerprint density at radius 1 is 0.590 bits per heavy atom.